The van der Waals surface area contributed by atoms with Crippen molar-refractivity contribution in [2.45, 2.75) is 39.3 Å². The van der Waals surface area contributed by atoms with Gasteiger partial charge < -0.3 is 10.5 Å². The van der Waals surface area contributed by atoms with Crippen LogP contribution in [0.25, 0.3) is 0 Å². The Morgan fingerprint density at radius 3 is 1.90 bits per heavy atom. The molecule has 0 amide bonds. The molecule has 0 aromatic heterocycles. The quantitative estimate of drug-likeness (QED) is 0.678. The van der Waals surface area contributed by atoms with Crippen LogP contribution in [0.15, 0.2) is 0 Å². The summed E-state index contributed by atoms with van der Waals surface area (Å²) >= 11 is 0. The molecule has 0 rings (SSSR count). The Kier molecular flexibility index (Phi) is 6.35. The van der Waals surface area contributed by atoms with Gasteiger partial charge in [-0.15, -0.1) is 12.4 Å². The van der Waals surface area contributed by atoms with Gasteiger partial charge in [0, 0.05) is 6.04 Å². The van der Waals surface area contributed by atoms with Crippen molar-refractivity contribution in [3.05, 3.63) is 0 Å². The Morgan fingerprint density at radius 1 is 1.40 bits per heavy atom. The molecule has 0 saturated carbocycles. The summed E-state index contributed by atoms with van der Waals surface area (Å²) in [6.07, 6.45) is 0. The Morgan fingerprint density at radius 2 is 1.80 bits per heavy atom. The zero-order chi connectivity index (χ0) is 7.49. The van der Waals surface area contributed by atoms with Gasteiger partial charge in [-0.25, -0.2) is 0 Å². The van der Waals surface area contributed by atoms with Gasteiger partial charge in [-0.3, -0.25) is 0 Å². The molecule has 0 aliphatic rings. The molecule has 0 aromatic rings. The highest BCUT2D eigenvalue weighted by Gasteiger charge is 2.09. The van der Waals surface area contributed by atoms with Gasteiger partial charge in [0.05, 0.1) is 12.2 Å². The van der Waals surface area contributed by atoms with Gasteiger partial charge in [0.25, 0.3) is 0 Å². The van der Waals surface area contributed by atoms with Gasteiger partial charge in [0.15, 0.2) is 0 Å². The van der Waals surface area contributed by atoms with E-state index >= 15 is 0 Å². The minimum Gasteiger partial charge on any atom is -0.374 e. The zero-order valence-corrected chi connectivity index (χ0v) is 7.99. The first-order valence-electron chi connectivity index (χ1n) is 3.31. The molecule has 2 nitrogen and oxygen atoms in total. The molecule has 2 N–H and O–H groups in total. The molecule has 0 aliphatic carbocycles. The van der Waals surface area contributed by atoms with Gasteiger partial charge in [0.2, 0.25) is 0 Å². The minimum atomic E-state index is -0.0480. The van der Waals surface area contributed by atoms with E-state index in [4.69, 9.17) is 10.5 Å². The maximum absolute atomic E-state index is 5.47. The molecule has 0 saturated heterocycles. The fourth-order valence-corrected chi connectivity index (χ4v) is 0.381. The molecule has 10 heavy (non-hydrogen) atoms. The number of rotatable bonds is 2. The van der Waals surface area contributed by atoms with Crippen LogP contribution in [0.3, 0.4) is 0 Å². The van der Waals surface area contributed by atoms with E-state index in [0.29, 0.717) is 6.61 Å². The SMILES string of the molecule is C[C@H](N)COC(C)(C)C.Cl. The molecule has 0 unspecified atom stereocenters. The van der Waals surface area contributed by atoms with E-state index in [2.05, 4.69) is 0 Å². The van der Waals surface area contributed by atoms with Crippen LogP contribution in [-0.4, -0.2) is 18.2 Å². The van der Waals surface area contributed by atoms with Crippen LogP contribution < -0.4 is 5.73 Å². The summed E-state index contributed by atoms with van der Waals surface area (Å²) in [5, 5.41) is 0. The largest absolute Gasteiger partial charge is 0.374 e. The standard InChI is InChI=1S/C7H17NO.ClH/c1-6(8)5-9-7(2,3)4;/h6H,5,8H2,1-4H3;1H/t6-;/m0./s1. The molecule has 0 heterocycles. The maximum Gasteiger partial charge on any atom is 0.0621 e. The highest BCUT2D eigenvalue weighted by molar-refractivity contribution is 5.85. The first-order valence-corrected chi connectivity index (χ1v) is 3.31. The van der Waals surface area contributed by atoms with Gasteiger partial charge >= 0.3 is 0 Å². The molecule has 0 radical (unpaired) electrons. The van der Waals surface area contributed by atoms with Gasteiger partial charge in [0.1, 0.15) is 0 Å². The number of ether oxygens (including phenoxy) is 1. The first-order chi connectivity index (χ1) is 3.92. The van der Waals surface area contributed by atoms with Crippen LogP contribution in [0.2, 0.25) is 0 Å². The molecule has 0 spiro atoms. The topological polar surface area (TPSA) is 35.2 Å². The second-order valence-electron chi connectivity index (χ2n) is 3.40. The molecule has 0 aromatic carbocycles. The summed E-state index contributed by atoms with van der Waals surface area (Å²) in [6, 6.07) is 0.143. The van der Waals surface area contributed by atoms with Crippen LogP contribution in [0.1, 0.15) is 27.7 Å². The fraction of sp³-hybridized carbons (Fsp3) is 1.00. The van der Waals surface area contributed by atoms with E-state index in [0.717, 1.165) is 0 Å². The Bertz CT molecular complexity index is 78.2. The third-order valence-corrected chi connectivity index (χ3v) is 0.779. The normalized spacial score (nSPS) is 14.1. The molecule has 1 atom stereocenters. The molecule has 0 fully saturated rings. The fourth-order valence-electron chi connectivity index (χ4n) is 0.381. The van der Waals surface area contributed by atoms with Gasteiger partial charge in [-0.1, -0.05) is 0 Å². The predicted octanol–water partition coefficient (Wildman–Crippen LogP) is 1.57. The second-order valence-corrected chi connectivity index (χ2v) is 3.40. The second kappa shape index (κ2) is 4.94. The van der Waals surface area contributed by atoms with Crippen LogP contribution in [0.5, 0.6) is 0 Å². The predicted molar refractivity (Wildman–Crippen MR) is 46.6 cm³/mol. The van der Waals surface area contributed by atoms with Crippen LogP contribution in [0, 0.1) is 0 Å². The van der Waals surface area contributed by atoms with Crippen molar-refractivity contribution in [1.29, 1.82) is 0 Å². The van der Waals surface area contributed by atoms with Crippen molar-refractivity contribution in [2.75, 3.05) is 6.61 Å². The summed E-state index contributed by atoms with van der Waals surface area (Å²) in [5.74, 6) is 0. The van der Waals surface area contributed by atoms with Crippen LogP contribution >= 0.6 is 12.4 Å². The van der Waals surface area contributed by atoms with Gasteiger partial charge in [-0.05, 0) is 27.7 Å². The number of hydrogen-bond donors (Lipinski definition) is 1. The smallest absolute Gasteiger partial charge is 0.0621 e. The summed E-state index contributed by atoms with van der Waals surface area (Å²) in [7, 11) is 0. The average molecular weight is 168 g/mol. The molecule has 64 valence electrons. The van der Waals surface area contributed by atoms with Crippen molar-refractivity contribution in [1.82, 2.24) is 0 Å². The number of nitrogens with two attached hydrogens (primary N) is 1. The molecular formula is C7H18ClNO. The van der Waals surface area contributed by atoms with E-state index in [1.54, 1.807) is 0 Å². The summed E-state index contributed by atoms with van der Waals surface area (Å²) in [5.41, 5.74) is 5.43. The van der Waals surface area contributed by atoms with Crippen molar-refractivity contribution < 1.29 is 4.74 Å². The molecule has 3 heteroatoms. The lowest BCUT2D eigenvalue weighted by Gasteiger charge is -2.20. The Labute approximate surface area is 69.5 Å². The van der Waals surface area contributed by atoms with E-state index in [9.17, 15) is 0 Å². The van der Waals surface area contributed by atoms with E-state index in [1.807, 2.05) is 27.7 Å². The third-order valence-electron chi connectivity index (χ3n) is 0.779. The maximum atomic E-state index is 5.47. The third kappa shape index (κ3) is 11.1. The van der Waals surface area contributed by atoms with Crippen molar-refractivity contribution >= 4 is 12.4 Å². The van der Waals surface area contributed by atoms with Crippen LogP contribution in [-0.2, 0) is 4.74 Å². The molecule has 0 bridgehead atoms. The molecular weight excluding hydrogens is 150 g/mol. The Balaban J connectivity index is 0. The average Bonchev–Trinajstić information content (AvgIpc) is 1.59. The van der Waals surface area contributed by atoms with Crippen molar-refractivity contribution in [3.63, 3.8) is 0 Å². The van der Waals surface area contributed by atoms with E-state index in [-0.39, 0.29) is 24.0 Å². The highest BCUT2D eigenvalue weighted by Crippen LogP contribution is 2.05. The zero-order valence-electron chi connectivity index (χ0n) is 7.18. The number of halogens is 1. The van der Waals surface area contributed by atoms with Gasteiger partial charge in [-0.2, -0.15) is 0 Å². The number of hydrogen-bond acceptors (Lipinski definition) is 2. The lowest BCUT2D eigenvalue weighted by Crippen LogP contribution is -2.29. The highest BCUT2D eigenvalue weighted by atomic mass is 35.5. The minimum absolute atomic E-state index is 0. The first kappa shape index (κ1) is 12.8. The van der Waals surface area contributed by atoms with Crippen molar-refractivity contribution in [2.24, 2.45) is 5.73 Å². The van der Waals surface area contributed by atoms with Crippen LogP contribution in [0.4, 0.5) is 0 Å². The van der Waals surface area contributed by atoms with E-state index in [1.165, 1.54) is 0 Å². The monoisotopic (exact) mass is 167 g/mol. The lowest BCUT2D eigenvalue weighted by molar-refractivity contribution is -0.00796. The van der Waals surface area contributed by atoms with Crippen molar-refractivity contribution in [3.8, 4) is 0 Å². The summed E-state index contributed by atoms with van der Waals surface area (Å²) in [6.45, 7) is 8.65. The summed E-state index contributed by atoms with van der Waals surface area (Å²) in [4.78, 5) is 0. The summed E-state index contributed by atoms with van der Waals surface area (Å²) < 4.78 is 5.37. The lowest BCUT2D eigenvalue weighted by atomic mass is 10.2. The molecule has 0 aliphatic heterocycles. The van der Waals surface area contributed by atoms with E-state index < -0.39 is 0 Å². The Hall–Kier alpha value is 0.210.